The predicted molar refractivity (Wildman–Crippen MR) is 60.1 cm³/mol. The average molecular weight is 189 g/mol. The van der Waals surface area contributed by atoms with E-state index in [0.717, 1.165) is 11.1 Å². The van der Waals surface area contributed by atoms with Gasteiger partial charge in [-0.25, -0.2) is 0 Å². The fourth-order valence-corrected chi connectivity index (χ4v) is 2.07. The van der Waals surface area contributed by atoms with E-state index in [9.17, 15) is 0 Å². The number of anilines is 1. The van der Waals surface area contributed by atoms with Gasteiger partial charge in [-0.05, 0) is 23.8 Å². The normalized spacial score (nSPS) is 10.5. The van der Waals surface area contributed by atoms with Gasteiger partial charge in [-0.1, -0.05) is 24.3 Å². The summed E-state index contributed by atoms with van der Waals surface area (Å²) in [5, 5.41) is 2.39. The Morgan fingerprint density at radius 1 is 1.00 bits per heavy atom. The van der Waals surface area contributed by atoms with Gasteiger partial charge >= 0.3 is 0 Å². The minimum Gasteiger partial charge on any atom is -0.398 e. The van der Waals surface area contributed by atoms with Gasteiger partial charge in [-0.2, -0.15) is 0 Å². The van der Waals surface area contributed by atoms with Crippen LogP contribution < -0.4 is 5.73 Å². The Morgan fingerprint density at radius 3 is 2.38 bits per heavy atom. The second-order valence-electron chi connectivity index (χ2n) is 2.90. The predicted octanol–water partition coefficient (Wildman–Crippen LogP) is 3.14. The zero-order valence-corrected chi connectivity index (χ0v) is 8.27. The van der Waals surface area contributed by atoms with Crippen molar-refractivity contribution >= 4 is 28.2 Å². The lowest BCUT2D eigenvalue weighted by Crippen LogP contribution is -1.87. The van der Waals surface area contributed by atoms with Crippen LogP contribution in [0.3, 0.4) is 0 Å². The van der Waals surface area contributed by atoms with Gasteiger partial charge in [0.2, 0.25) is 0 Å². The summed E-state index contributed by atoms with van der Waals surface area (Å²) in [4.78, 5) is 1.28. The number of benzene rings is 2. The monoisotopic (exact) mass is 189 g/mol. The lowest BCUT2D eigenvalue weighted by Gasteiger charge is -2.05. The van der Waals surface area contributed by atoms with Gasteiger partial charge in [0.1, 0.15) is 0 Å². The van der Waals surface area contributed by atoms with Crippen molar-refractivity contribution in [1.82, 2.24) is 0 Å². The third-order valence-corrected chi connectivity index (χ3v) is 2.93. The van der Waals surface area contributed by atoms with Crippen LogP contribution >= 0.6 is 11.8 Å². The molecule has 1 nitrogen and oxygen atoms in total. The van der Waals surface area contributed by atoms with Crippen molar-refractivity contribution in [3.63, 3.8) is 0 Å². The van der Waals surface area contributed by atoms with Crippen molar-refractivity contribution in [3.8, 4) is 0 Å². The van der Waals surface area contributed by atoms with Crippen LogP contribution in [0.4, 0.5) is 5.69 Å². The molecule has 0 aromatic heterocycles. The molecule has 0 heterocycles. The van der Waals surface area contributed by atoms with Crippen molar-refractivity contribution in [2.75, 3.05) is 12.0 Å². The Bertz CT molecular complexity index is 437. The third kappa shape index (κ3) is 1.38. The van der Waals surface area contributed by atoms with E-state index in [0.29, 0.717) is 0 Å². The maximum absolute atomic E-state index is 5.87. The van der Waals surface area contributed by atoms with Gasteiger partial charge in [0.25, 0.3) is 0 Å². The molecule has 13 heavy (non-hydrogen) atoms. The molecule has 2 N–H and O–H groups in total. The van der Waals surface area contributed by atoms with E-state index in [1.807, 2.05) is 18.2 Å². The number of nitrogens with two attached hydrogens (primary N) is 1. The molecule has 2 aromatic carbocycles. The smallest absolute Gasteiger partial charge is 0.0394 e. The van der Waals surface area contributed by atoms with Crippen molar-refractivity contribution < 1.29 is 0 Å². The molecule has 0 aliphatic rings. The Balaban J connectivity index is 2.84. The minimum absolute atomic E-state index is 0.855. The van der Waals surface area contributed by atoms with Gasteiger partial charge in [0.15, 0.2) is 0 Å². The average Bonchev–Trinajstić information content (AvgIpc) is 2.19. The molecule has 0 bridgehead atoms. The number of thioether (sulfide) groups is 1. The number of nitrogen functional groups attached to an aromatic ring is 1. The Labute approximate surface area is 81.9 Å². The maximum atomic E-state index is 5.87. The largest absolute Gasteiger partial charge is 0.398 e. The molecule has 0 amide bonds. The number of hydrogen-bond acceptors (Lipinski definition) is 2. The van der Waals surface area contributed by atoms with Crippen LogP contribution in [0.15, 0.2) is 41.3 Å². The number of rotatable bonds is 1. The van der Waals surface area contributed by atoms with E-state index >= 15 is 0 Å². The SMILES string of the molecule is CSc1ccc(N)c2ccccc12. The van der Waals surface area contributed by atoms with E-state index in [-0.39, 0.29) is 0 Å². The van der Waals surface area contributed by atoms with Crippen molar-refractivity contribution in [2.24, 2.45) is 0 Å². The molecule has 0 fully saturated rings. The number of hydrogen-bond donors (Lipinski definition) is 1. The molecule has 0 aliphatic heterocycles. The third-order valence-electron chi connectivity index (χ3n) is 2.14. The molecule has 0 aliphatic carbocycles. The van der Waals surface area contributed by atoms with Crippen LogP contribution in [0.25, 0.3) is 10.8 Å². The summed E-state index contributed by atoms with van der Waals surface area (Å²) in [5.74, 6) is 0. The molecular weight excluding hydrogens is 178 g/mol. The van der Waals surface area contributed by atoms with Crippen molar-refractivity contribution in [3.05, 3.63) is 36.4 Å². The molecule has 66 valence electrons. The van der Waals surface area contributed by atoms with Crippen molar-refractivity contribution in [2.45, 2.75) is 4.90 Å². The van der Waals surface area contributed by atoms with E-state index < -0.39 is 0 Å². The summed E-state index contributed by atoms with van der Waals surface area (Å²) >= 11 is 1.75. The van der Waals surface area contributed by atoms with E-state index in [1.54, 1.807) is 11.8 Å². The van der Waals surface area contributed by atoms with Gasteiger partial charge in [-0.15, -0.1) is 11.8 Å². The number of fused-ring (bicyclic) bond motifs is 1. The van der Waals surface area contributed by atoms with Gasteiger partial charge in [-0.3, -0.25) is 0 Å². The molecule has 0 spiro atoms. The quantitative estimate of drug-likeness (QED) is 0.551. The molecule has 2 aromatic rings. The molecule has 0 saturated heterocycles. The Morgan fingerprint density at radius 2 is 1.69 bits per heavy atom. The van der Waals surface area contributed by atoms with E-state index in [1.165, 1.54) is 10.3 Å². The molecule has 0 radical (unpaired) electrons. The second-order valence-corrected chi connectivity index (χ2v) is 3.75. The second kappa shape index (κ2) is 3.30. The van der Waals surface area contributed by atoms with Crippen LogP contribution in [0.1, 0.15) is 0 Å². The van der Waals surface area contributed by atoms with Crippen LogP contribution in [-0.4, -0.2) is 6.26 Å². The fourth-order valence-electron chi connectivity index (χ4n) is 1.47. The molecule has 0 unspecified atom stereocenters. The minimum atomic E-state index is 0.855. The summed E-state index contributed by atoms with van der Waals surface area (Å²) in [6, 6.07) is 12.3. The first-order valence-corrected chi connectivity index (χ1v) is 5.36. The van der Waals surface area contributed by atoms with Crippen LogP contribution in [0.2, 0.25) is 0 Å². The molecular formula is C11H11NS. The highest BCUT2D eigenvalue weighted by atomic mass is 32.2. The van der Waals surface area contributed by atoms with E-state index in [4.69, 9.17) is 5.73 Å². The van der Waals surface area contributed by atoms with Crippen LogP contribution in [0.5, 0.6) is 0 Å². The van der Waals surface area contributed by atoms with Crippen LogP contribution in [0, 0.1) is 0 Å². The Hall–Kier alpha value is -1.15. The molecule has 2 rings (SSSR count). The molecule has 0 atom stereocenters. The van der Waals surface area contributed by atoms with Crippen molar-refractivity contribution in [1.29, 1.82) is 0 Å². The lowest BCUT2D eigenvalue weighted by molar-refractivity contribution is 1.55. The van der Waals surface area contributed by atoms with Crippen LogP contribution in [-0.2, 0) is 0 Å². The highest BCUT2D eigenvalue weighted by Crippen LogP contribution is 2.29. The topological polar surface area (TPSA) is 26.0 Å². The Kier molecular flexibility index (Phi) is 2.15. The first-order chi connectivity index (χ1) is 6.33. The zero-order chi connectivity index (χ0) is 9.26. The highest BCUT2D eigenvalue weighted by Gasteiger charge is 2.01. The standard InChI is InChI=1S/C11H11NS/c1-13-11-7-6-10(12)8-4-2-3-5-9(8)11/h2-7H,12H2,1H3. The summed E-state index contributed by atoms with van der Waals surface area (Å²) in [6.07, 6.45) is 2.08. The first-order valence-electron chi connectivity index (χ1n) is 4.14. The summed E-state index contributed by atoms with van der Waals surface area (Å²) in [5.41, 5.74) is 6.73. The summed E-state index contributed by atoms with van der Waals surface area (Å²) < 4.78 is 0. The van der Waals surface area contributed by atoms with E-state index in [2.05, 4.69) is 24.5 Å². The maximum Gasteiger partial charge on any atom is 0.0394 e. The fraction of sp³-hybridized carbons (Fsp3) is 0.0909. The first kappa shape index (κ1) is 8.45. The zero-order valence-electron chi connectivity index (χ0n) is 7.45. The summed E-state index contributed by atoms with van der Waals surface area (Å²) in [6.45, 7) is 0. The molecule has 2 heteroatoms. The van der Waals surface area contributed by atoms with Gasteiger partial charge in [0, 0.05) is 16.0 Å². The lowest BCUT2D eigenvalue weighted by atomic mass is 10.1. The highest BCUT2D eigenvalue weighted by molar-refractivity contribution is 7.98. The van der Waals surface area contributed by atoms with Gasteiger partial charge < -0.3 is 5.73 Å². The summed E-state index contributed by atoms with van der Waals surface area (Å²) in [7, 11) is 0. The molecule has 0 saturated carbocycles. The van der Waals surface area contributed by atoms with Gasteiger partial charge in [0.05, 0.1) is 0 Å².